The molecule has 1 atom stereocenters. The summed E-state index contributed by atoms with van der Waals surface area (Å²) in [6.07, 6.45) is 0.457. The van der Waals surface area contributed by atoms with Crippen LogP contribution in [-0.4, -0.2) is 35.6 Å². The Morgan fingerprint density at radius 2 is 2.03 bits per heavy atom. The van der Waals surface area contributed by atoms with Crippen LogP contribution in [0.4, 0.5) is 18.9 Å². The third-order valence-electron chi connectivity index (χ3n) is 4.27. The lowest BCUT2D eigenvalue weighted by Gasteiger charge is -2.24. The van der Waals surface area contributed by atoms with Crippen molar-refractivity contribution in [2.75, 3.05) is 24.2 Å². The summed E-state index contributed by atoms with van der Waals surface area (Å²) in [5.41, 5.74) is 0.554. The number of halogens is 3. The maximum Gasteiger partial charge on any atom is 0.233 e. The van der Waals surface area contributed by atoms with Gasteiger partial charge in [0.15, 0.2) is 17.5 Å². The Kier molecular flexibility index (Phi) is 6.68. The summed E-state index contributed by atoms with van der Waals surface area (Å²) < 4.78 is 46.5. The molecule has 1 unspecified atom stereocenters. The lowest BCUT2D eigenvalue weighted by atomic mass is 10.1. The van der Waals surface area contributed by atoms with Crippen molar-refractivity contribution in [1.82, 2.24) is 4.90 Å². The van der Waals surface area contributed by atoms with Crippen LogP contribution in [0.5, 0.6) is 5.75 Å². The van der Waals surface area contributed by atoms with Crippen molar-refractivity contribution in [2.24, 2.45) is 0 Å². The Morgan fingerprint density at radius 3 is 2.79 bits per heavy atom. The van der Waals surface area contributed by atoms with Gasteiger partial charge in [0.1, 0.15) is 11.1 Å². The van der Waals surface area contributed by atoms with E-state index in [1.165, 1.54) is 29.7 Å². The van der Waals surface area contributed by atoms with Crippen LogP contribution in [0.25, 0.3) is 0 Å². The lowest BCUT2D eigenvalue weighted by molar-refractivity contribution is -0.128. The molecule has 0 aliphatic carbocycles. The molecule has 1 N–H and O–H groups in total. The molecular weight excluding hydrogens is 405 g/mol. The van der Waals surface area contributed by atoms with Crippen LogP contribution < -0.4 is 10.1 Å². The van der Waals surface area contributed by atoms with Gasteiger partial charge in [-0.25, -0.2) is 13.2 Å². The van der Waals surface area contributed by atoms with E-state index in [0.717, 1.165) is 6.07 Å². The lowest BCUT2D eigenvalue weighted by Crippen LogP contribution is -2.30. The van der Waals surface area contributed by atoms with Gasteiger partial charge in [0.25, 0.3) is 0 Å². The molecule has 1 saturated heterocycles. The molecule has 154 valence electrons. The van der Waals surface area contributed by atoms with Crippen LogP contribution in [0.2, 0.25) is 0 Å². The minimum absolute atomic E-state index is 0.0522. The molecule has 0 bridgehead atoms. The standard InChI is InChI=1S/C20H19F3N2O3S/c1-12(26)24-13-4-2-5-14(10-13)28-9-3-8-25-17(27)11-29-20(25)15-6-7-16(21)19(23)18(15)22/h2,4-7,10,20H,3,8-9,11H2,1H3,(H,24,26). The first kappa shape index (κ1) is 21.0. The van der Waals surface area contributed by atoms with Crippen molar-refractivity contribution in [3.05, 3.63) is 59.4 Å². The van der Waals surface area contributed by atoms with Crippen LogP contribution in [0.3, 0.4) is 0 Å². The number of thioether (sulfide) groups is 1. The number of rotatable bonds is 7. The van der Waals surface area contributed by atoms with Gasteiger partial charge in [0.05, 0.1) is 12.4 Å². The van der Waals surface area contributed by atoms with E-state index in [-0.39, 0.29) is 36.3 Å². The van der Waals surface area contributed by atoms with Crippen molar-refractivity contribution in [3.8, 4) is 5.75 Å². The predicted octanol–water partition coefficient (Wildman–Crippen LogP) is 4.11. The number of carbonyl (C=O) groups is 2. The maximum atomic E-state index is 14.1. The largest absolute Gasteiger partial charge is 0.493 e. The molecule has 1 aliphatic rings. The third kappa shape index (κ3) is 5.03. The van der Waals surface area contributed by atoms with E-state index in [1.54, 1.807) is 24.3 Å². The fourth-order valence-electron chi connectivity index (χ4n) is 2.98. The number of hydrogen-bond acceptors (Lipinski definition) is 4. The Balaban J connectivity index is 1.59. The molecule has 2 aromatic carbocycles. The highest BCUT2D eigenvalue weighted by molar-refractivity contribution is 8.00. The molecule has 2 aromatic rings. The minimum atomic E-state index is -1.54. The van der Waals surface area contributed by atoms with E-state index < -0.39 is 22.8 Å². The van der Waals surface area contributed by atoms with E-state index in [9.17, 15) is 22.8 Å². The second-order valence-electron chi connectivity index (χ2n) is 6.43. The van der Waals surface area contributed by atoms with Gasteiger partial charge in [0, 0.05) is 30.8 Å². The molecule has 5 nitrogen and oxygen atoms in total. The van der Waals surface area contributed by atoms with Crippen molar-refractivity contribution in [2.45, 2.75) is 18.7 Å². The fraction of sp³-hybridized carbons (Fsp3) is 0.300. The van der Waals surface area contributed by atoms with E-state index in [0.29, 0.717) is 17.9 Å². The summed E-state index contributed by atoms with van der Waals surface area (Å²) in [6.45, 7) is 1.97. The Morgan fingerprint density at radius 1 is 1.24 bits per heavy atom. The number of anilines is 1. The maximum absolute atomic E-state index is 14.1. The Hall–Kier alpha value is -2.68. The van der Waals surface area contributed by atoms with Gasteiger partial charge in [0.2, 0.25) is 11.8 Å². The van der Waals surface area contributed by atoms with Gasteiger partial charge in [-0.1, -0.05) is 12.1 Å². The second kappa shape index (κ2) is 9.21. The SMILES string of the molecule is CC(=O)Nc1cccc(OCCCN2C(=O)CSC2c2ccc(F)c(F)c2F)c1. The van der Waals surface area contributed by atoms with Gasteiger partial charge < -0.3 is 15.0 Å². The monoisotopic (exact) mass is 424 g/mol. The first-order valence-corrected chi connectivity index (χ1v) is 9.96. The van der Waals surface area contributed by atoms with Gasteiger partial charge in [-0.05, 0) is 24.6 Å². The van der Waals surface area contributed by atoms with Crippen molar-refractivity contribution < 1.29 is 27.5 Å². The topological polar surface area (TPSA) is 58.6 Å². The highest BCUT2D eigenvalue weighted by Gasteiger charge is 2.35. The molecule has 0 aromatic heterocycles. The molecular formula is C20H19F3N2O3S. The highest BCUT2D eigenvalue weighted by atomic mass is 32.2. The normalized spacial score (nSPS) is 16.2. The van der Waals surface area contributed by atoms with E-state index in [1.807, 2.05) is 0 Å². The smallest absolute Gasteiger partial charge is 0.233 e. The fourth-order valence-corrected chi connectivity index (χ4v) is 4.21. The summed E-state index contributed by atoms with van der Waals surface area (Å²) >= 11 is 1.17. The van der Waals surface area contributed by atoms with Crippen molar-refractivity contribution >= 4 is 29.3 Å². The van der Waals surface area contributed by atoms with Gasteiger partial charge in [-0.15, -0.1) is 11.8 Å². The molecule has 1 aliphatic heterocycles. The average Bonchev–Trinajstić information content (AvgIpc) is 3.04. The molecule has 0 spiro atoms. The van der Waals surface area contributed by atoms with E-state index in [4.69, 9.17) is 4.74 Å². The van der Waals surface area contributed by atoms with Gasteiger partial charge in [-0.2, -0.15) is 0 Å². The number of carbonyl (C=O) groups excluding carboxylic acids is 2. The first-order chi connectivity index (χ1) is 13.9. The molecule has 9 heteroatoms. The minimum Gasteiger partial charge on any atom is -0.493 e. The van der Waals surface area contributed by atoms with Crippen molar-refractivity contribution in [1.29, 1.82) is 0 Å². The summed E-state index contributed by atoms with van der Waals surface area (Å²) in [5, 5.41) is 1.95. The summed E-state index contributed by atoms with van der Waals surface area (Å²) in [7, 11) is 0. The van der Waals surface area contributed by atoms with Gasteiger partial charge in [-0.3, -0.25) is 9.59 Å². The van der Waals surface area contributed by atoms with Crippen LogP contribution in [0.15, 0.2) is 36.4 Å². The van der Waals surface area contributed by atoms with Crippen LogP contribution in [0.1, 0.15) is 24.3 Å². The van der Waals surface area contributed by atoms with E-state index >= 15 is 0 Å². The highest BCUT2D eigenvalue weighted by Crippen LogP contribution is 2.40. The number of ether oxygens (including phenoxy) is 1. The second-order valence-corrected chi connectivity index (χ2v) is 7.49. The number of nitrogens with zero attached hydrogens (tertiary/aromatic N) is 1. The molecule has 1 fully saturated rings. The number of nitrogens with one attached hydrogen (secondary N) is 1. The zero-order chi connectivity index (χ0) is 21.0. The molecule has 0 saturated carbocycles. The third-order valence-corrected chi connectivity index (χ3v) is 5.50. The summed E-state index contributed by atoms with van der Waals surface area (Å²) in [5.74, 6) is -3.76. The van der Waals surface area contributed by atoms with Crippen molar-refractivity contribution in [3.63, 3.8) is 0 Å². The van der Waals surface area contributed by atoms with Crippen LogP contribution >= 0.6 is 11.8 Å². The molecule has 1 heterocycles. The summed E-state index contributed by atoms with van der Waals surface area (Å²) in [6, 6.07) is 8.92. The molecule has 0 radical (unpaired) electrons. The Bertz CT molecular complexity index is 926. The quantitative estimate of drug-likeness (QED) is 0.537. The Labute approximate surface area is 170 Å². The average molecular weight is 424 g/mol. The number of amides is 2. The summed E-state index contributed by atoms with van der Waals surface area (Å²) in [4.78, 5) is 24.7. The molecule has 29 heavy (non-hydrogen) atoms. The van der Waals surface area contributed by atoms with Gasteiger partial charge >= 0.3 is 0 Å². The zero-order valence-electron chi connectivity index (χ0n) is 15.6. The first-order valence-electron chi connectivity index (χ1n) is 8.91. The predicted molar refractivity (Wildman–Crippen MR) is 104 cm³/mol. The molecule has 3 rings (SSSR count). The van der Waals surface area contributed by atoms with E-state index in [2.05, 4.69) is 5.32 Å². The number of benzene rings is 2. The molecule has 2 amide bonds. The van der Waals surface area contributed by atoms with Crippen LogP contribution in [-0.2, 0) is 9.59 Å². The number of hydrogen-bond donors (Lipinski definition) is 1. The zero-order valence-corrected chi connectivity index (χ0v) is 16.4. The van der Waals surface area contributed by atoms with Crippen LogP contribution in [0, 0.1) is 17.5 Å².